The van der Waals surface area contributed by atoms with Crippen molar-refractivity contribution in [3.05, 3.63) is 83.2 Å². The summed E-state index contributed by atoms with van der Waals surface area (Å²) in [7, 11) is -2.45. The summed E-state index contributed by atoms with van der Waals surface area (Å²) in [6.07, 6.45) is 6.89. The molecule has 0 amide bonds. The summed E-state index contributed by atoms with van der Waals surface area (Å²) in [6.45, 7) is 3.69. The molecule has 3 aromatic heterocycles. The van der Waals surface area contributed by atoms with Gasteiger partial charge in [-0.25, -0.2) is 27.8 Å². The van der Waals surface area contributed by atoms with Crippen LogP contribution in [0.3, 0.4) is 0 Å². The van der Waals surface area contributed by atoms with Crippen LogP contribution in [-0.2, 0) is 22.8 Å². The molecule has 14 heteroatoms. The number of benzene rings is 2. The van der Waals surface area contributed by atoms with E-state index in [1.165, 1.54) is 16.9 Å². The van der Waals surface area contributed by atoms with E-state index in [0.29, 0.717) is 33.7 Å². The summed E-state index contributed by atoms with van der Waals surface area (Å²) < 4.78 is 51.5. The Kier molecular flexibility index (Phi) is 8.34. The molecule has 5 aromatic rings. The molecule has 6 rings (SSSR count). The maximum absolute atomic E-state index is 15.2. The Morgan fingerprint density at radius 2 is 1.98 bits per heavy atom. The monoisotopic (exact) mass is 636 g/mol. The molecule has 1 atom stereocenters. The van der Waals surface area contributed by atoms with Gasteiger partial charge in [0, 0.05) is 49.0 Å². The maximum atomic E-state index is 15.2. The summed E-state index contributed by atoms with van der Waals surface area (Å²) in [4.78, 5) is 13.6. The molecule has 0 bridgehead atoms. The number of hydrogen-bond acceptors (Lipinski definition) is 9. The Balaban J connectivity index is 1.33. The summed E-state index contributed by atoms with van der Waals surface area (Å²) in [5, 5.41) is 11.9. The third kappa shape index (κ3) is 6.44. The average Bonchev–Trinajstić information content (AvgIpc) is 3.31. The van der Waals surface area contributed by atoms with Gasteiger partial charge in [-0.3, -0.25) is 9.40 Å². The molecule has 44 heavy (non-hydrogen) atoms. The van der Waals surface area contributed by atoms with E-state index in [2.05, 4.69) is 30.4 Å². The van der Waals surface area contributed by atoms with Crippen molar-refractivity contribution in [1.29, 1.82) is 0 Å². The molecule has 1 aliphatic rings. The van der Waals surface area contributed by atoms with Crippen LogP contribution in [0.1, 0.15) is 24.1 Å². The van der Waals surface area contributed by atoms with E-state index < -0.39 is 21.6 Å². The minimum Gasteiger partial charge on any atom is -0.437 e. The first-order valence-corrected chi connectivity index (χ1v) is 16.0. The first-order valence-electron chi connectivity index (χ1n) is 14.0. The molecule has 0 saturated carbocycles. The van der Waals surface area contributed by atoms with Crippen molar-refractivity contribution in [2.24, 2.45) is 7.05 Å². The molecule has 0 radical (unpaired) electrons. The molecule has 0 aliphatic carbocycles. The summed E-state index contributed by atoms with van der Waals surface area (Å²) in [5.41, 5.74) is 1.93. The number of aromatic nitrogens is 5. The van der Waals surface area contributed by atoms with Crippen LogP contribution in [0, 0.1) is 12.7 Å². The number of piperidine rings is 1. The van der Waals surface area contributed by atoms with Gasteiger partial charge in [0.2, 0.25) is 21.9 Å². The van der Waals surface area contributed by atoms with Crippen molar-refractivity contribution in [1.82, 2.24) is 30.0 Å². The summed E-state index contributed by atoms with van der Waals surface area (Å²) >= 11 is 6.12. The number of hydrogen-bond donors (Lipinski definition) is 3. The van der Waals surface area contributed by atoms with Crippen LogP contribution in [0.5, 0.6) is 11.6 Å². The van der Waals surface area contributed by atoms with E-state index in [4.69, 9.17) is 21.3 Å². The van der Waals surface area contributed by atoms with Crippen LogP contribution in [0.15, 0.2) is 61.1 Å². The lowest BCUT2D eigenvalue weighted by molar-refractivity contribution is 0.466. The van der Waals surface area contributed by atoms with Gasteiger partial charge >= 0.3 is 0 Å². The SMILES string of the molecule is Cc1ccc2c(NS(=O)(=O)Cc3nn(C)cc3Cl)c(F)ccc2c1Oc1ncccc1-c1ccnc(N[C@H]2CCCNC2)n1. The lowest BCUT2D eigenvalue weighted by Gasteiger charge is -2.23. The van der Waals surface area contributed by atoms with Crippen molar-refractivity contribution in [2.75, 3.05) is 23.1 Å². The number of fused-ring (bicyclic) bond motifs is 1. The topological polar surface area (TPSA) is 136 Å². The van der Waals surface area contributed by atoms with Crippen molar-refractivity contribution in [3.8, 4) is 22.9 Å². The molecule has 228 valence electrons. The summed E-state index contributed by atoms with van der Waals surface area (Å²) in [5.74, 6) is -0.0793. The second-order valence-electron chi connectivity index (χ2n) is 10.6. The number of sulfonamides is 1. The average molecular weight is 637 g/mol. The third-order valence-corrected chi connectivity index (χ3v) is 8.75. The van der Waals surface area contributed by atoms with E-state index in [0.717, 1.165) is 31.5 Å². The van der Waals surface area contributed by atoms with Crippen molar-refractivity contribution in [2.45, 2.75) is 31.6 Å². The van der Waals surface area contributed by atoms with Gasteiger partial charge in [0.25, 0.3) is 0 Å². The van der Waals surface area contributed by atoms with Gasteiger partial charge in [-0.05, 0) is 62.2 Å². The zero-order valence-electron chi connectivity index (χ0n) is 24.0. The van der Waals surface area contributed by atoms with Gasteiger partial charge in [-0.2, -0.15) is 5.10 Å². The van der Waals surface area contributed by atoms with Gasteiger partial charge in [0.1, 0.15) is 17.3 Å². The fraction of sp³-hybridized carbons (Fsp3) is 0.267. The molecule has 11 nitrogen and oxygen atoms in total. The highest BCUT2D eigenvalue weighted by Crippen LogP contribution is 2.40. The largest absolute Gasteiger partial charge is 0.437 e. The number of nitrogens with one attached hydrogen (secondary N) is 3. The number of ether oxygens (including phenoxy) is 1. The predicted octanol–water partition coefficient (Wildman–Crippen LogP) is 5.42. The second-order valence-corrected chi connectivity index (χ2v) is 12.7. The molecule has 1 aliphatic heterocycles. The van der Waals surface area contributed by atoms with E-state index in [9.17, 15) is 8.42 Å². The van der Waals surface area contributed by atoms with E-state index in [1.807, 2.05) is 13.0 Å². The third-order valence-electron chi connectivity index (χ3n) is 7.27. The number of pyridine rings is 1. The Morgan fingerprint density at radius 1 is 1.14 bits per heavy atom. The molecule has 1 saturated heterocycles. The van der Waals surface area contributed by atoms with Gasteiger partial charge < -0.3 is 15.4 Å². The number of aryl methyl sites for hydroxylation is 2. The van der Waals surface area contributed by atoms with Crippen LogP contribution in [-0.4, -0.2) is 52.3 Å². The Labute approximate surface area is 258 Å². The standard InChI is InChI=1S/C30H30ClFN8O3S/c1-18-7-8-20-21(9-10-24(32)27(20)39-44(41,42)17-26-23(31)16-40(2)38-26)28(18)43-29-22(6-4-13-34-29)25-11-14-35-30(37-25)36-19-5-3-12-33-15-19/h4,6-11,13-14,16,19,33,39H,3,5,12,15,17H2,1-2H3,(H,35,36,37)/t19-/m0/s1. The lowest BCUT2D eigenvalue weighted by atomic mass is 10.0. The van der Waals surface area contributed by atoms with Crippen LogP contribution >= 0.6 is 11.6 Å². The Hall–Kier alpha value is -4.33. The molecule has 0 spiro atoms. The quantitative estimate of drug-likeness (QED) is 0.194. The van der Waals surface area contributed by atoms with Crippen LogP contribution in [0.4, 0.5) is 16.0 Å². The van der Waals surface area contributed by atoms with Gasteiger partial charge in [0.15, 0.2) is 0 Å². The zero-order chi connectivity index (χ0) is 30.8. The van der Waals surface area contributed by atoms with Crippen molar-refractivity contribution < 1.29 is 17.5 Å². The van der Waals surface area contributed by atoms with Crippen LogP contribution < -0.4 is 20.1 Å². The molecular formula is C30H30ClFN8O3S. The molecule has 1 fully saturated rings. The second kappa shape index (κ2) is 12.3. The smallest absolute Gasteiger partial charge is 0.238 e. The van der Waals surface area contributed by atoms with E-state index in [1.54, 1.807) is 49.8 Å². The maximum Gasteiger partial charge on any atom is 0.238 e. The Bertz CT molecular complexity index is 1950. The highest BCUT2D eigenvalue weighted by Gasteiger charge is 2.22. The van der Waals surface area contributed by atoms with Crippen molar-refractivity contribution in [3.63, 3.8) is 0 Å². The van der Waals surface area contributed by atoms with Gasteiger partial charge in [0.05, 0.1) is 27.7 Å². The molecule has 0 unspecified atom stereocenters. The first-order chi connectivity index (χ1) is 21.2. The first kappa shape index (κ1) is 29.7. The highest BCUT2D eigenvalue weighted by molar-refractivity contribution is 7.91. The fourth-order valence-corrected chi connectivity index (χ4v) is 6.66. The normalized spacial score (nSPS) is 15.3. The van der Waals surface area contributed by atoms with Crippen molar-refractivity contribution >= 4 is 44.0 Å². The van der Waals surface area contributed by atoms with E-state index >= 15 is 4.39 Å². The summed E-state index contributed by atoms with van der Waals surface area (Å²) in [6, 6.07) is 11.8. The predicted molar refractivity (Wildman–Crippen MR) is 168 cm³/mol. The number of anilines is 2. The van der Waals surface area contributed by atoms with Crippen LogP contribution in [0.2, 0.25) is 5.02 Å². The fourth-order valence-electron chi connectivity index (χ4n) is 5.17. The molecule has 4 heterocycles. The Morgan fingerprint density at radius 3 is 2.75 bits per heavy atom. The van der Waals surface area contributed by atoms with Gasteiger partial charge in [-0.15, -0.1) is 0 Å². The van der Waals surface area contributed by atoms with Gasteiger partial charge in [-0.1, -0.05) is 23.7 Å². The molecular weight excluding hydrogens is 607 g/mol. The van der Waals surface area contributed by atoms with Crippen LogP contribution in [0.25, 0.3) is 22.0 Å². The minimum absolute atomic E-state index is 0.156. The zero-order valence-corrected chi connectivity index (χ0v) is 25.6. The lowest BCUT2D eigenvalue weighted by Crippen LogP contribution is -2.38. The highest BCUT2D eigenvalue weighted by atomic mass is 35.5. The molecule has 2 aromatic carbocycles. The van der Waals surface area contributed by atoms with E-state index in [-0.39, 0.29) is 28.3 Å². The number of rotatable bonds is 9. The number of halogens is 2. The number of nitrogens with zero attached hydrogens (tertiary/aromatic N) is 5. The molecule has 3 N–H and O–H groups in total. The minimum atomic E-state index is -4.08.